The Morgan fingerprint density at radius 3 is 2.31 bits per heavy atom. The van der Waals surface area contributed by atoms with Crippen molar-refractivity contribution in [3.63, 3.8) is 0 Å². The zero-order chi connectivity index (χ0) is 26.3. The monoisotopic (exact) mass is 505 g/mol. The third-order valence-electron chi connectivity index (χ3n) is 4.94. The average molecular weight is 505 g/mol. The number of aromatic amines is 2. The van der Waals surface area contributed by atoms with E-state index in [-0.39, 0.29) is 12.0 Å². The predicted molar refractivity (Wildman–Crippen MR) is 126 cm³/mol. The van der Waals surface area contributed by atoms with E-state index in [0.717, 1.165) is 33.2 Å². The quantitative estimate of drug-likeness (QED) is 0.229. The number of rotatable bonds is 8. The summed E-state index contributed by atoms with van der Waals surface area (Å²) >= 11 is 0. The van der Waals surface area contributed by atoms with E-state index in [9.17, 15) is 22.8 Å². The van der Waals surface area contributed by atoms with Crippen molar-refractivity contribution in [1.29, 1.82) is 0 Å². The van der Waals surface area contributed by atoms with Gasteiger partial charge in [-0.05, 0) is 41.8 Å². The van der Waals surface area contributed by atoms with Crippen molar-refractivity contribution >= 4 is 33.7 Å². The minimum absolute atomic E-state index is 0.0893. The molecule has 0 atom stereocenters. The summed E-state index contributed by atoms with van der Waals surface area (Å²) in [6.07, 6.45) is -4.99. The molecule has 0 unspecified atom stereocenters. The van der Waals surface area contributed by atoms with Crippen molar-refractivity contribution in [3.8, 4) is 17.0 Å². The molecule has 36 heavy (non-hydrogen) atoms. The smallest absolute Gasteiger partial charge is 0.490 e. The van der Waals surface area contributed by atoms with E-state index in [1.165, 1.54) is 0 Å². The maximum Gasteiger partial charge on any atom is 0.490 e. The molecule has 0 saturated carbocycles. The van der Waals surface area contributed by atoms with Crippen LogP contribution in [0.2, 0.25) is 0 Å². The van der Waals surface area contributed by atoms with Crippen LogP contribution in [-0.4, -0.2) is 58.0 Å². The molecule has 2 heterocycles. The van der Waals surface area contributed by atoms with Gasteiger partial charge in [0.15, 0.2) is 0 Å². The Hall–Kier alpha value is -4.32. The molecule has 0 aliphatic heterocycles. The number of aromatic nitrogens is 2. The number of carboxylic acid groups (broad SMARTS) is 2. The second kappa shape index (κ2) is 11.4. The van der Waals surface area contributed by atoms with Crippen LogP contribution in [-0.2, 0) is 9.59 Å². The van der Waals surface area contributed by atoms with Gasteiger partial charge in [-0.3, -0.25) is 9.59 Å². The van der Waals surface area contributed by atoms with Crippen LogP contribution in [0.4, 0.5) is 13.2 Å². The molecule has 2 aromatic heterocycles. The molecule has 9 nitrogen and oxygen atoms in total. The molecule has 0 spiro atoms. The molecule has 5 N–H and O–H groups in total. The predicted octanol–water partition coefficient (Wildman–Crippen LogP) is 3.75. The third kappa shape index (κ3) is 7.09. The van der Waals surface area contributed by atoms with Crippen molar-refractivity contribution in [2.45, 2.75) is 12.6 Å². The van der Waals surface area contributed by atoms with Crippen molar-refractivity contribution in [2.24, 2.45) is 0 Å². The number of carboxylic acids is 2. The van der Waals surface area contributed by atoms with E-state index in [1.54, 1.807) is 0 Å². The number of aliphatic carboxylic acids is 2. The topological polar surface area (TPSA) is 145 Å². The Morgan fingerprint density at radius 1 is 0.917 bits per heavy atom. The van der Waals surface area contributed by atoms with Gasteiger partial charge < -0.3 is 30.2 Å². The van der Waals surface area contributed by atoms with Crippen LogP contribution in [0.5, 0.6) is 5.75 Å². The zero-order valence-corrected chi connectivity index (χ0v) is 18.7. The molecule has 4 aromatic rings. The normalized spacial score (nSPS) is 11.2. The zero-order valence-electron chi connectivity index (χ0n) is 18.7. The van der Waals surface area contributed by atoms with Gasteiger partial charge in [0.25, 0.3) is 5.56 Å². The molecular formula is C24H22F3N3O6. The van der Waals surface area contributed by atoms with E-state index in [1.807, 2.05) is 54.6 Å². The van der Waals surface area contributed by atoms with Crippen LogP contribution in [0.15, 0.2) is 59.4 Å². The van der Waals surface area contributed by atoms with Crippen molar-refractivity contribution in [2.75, 3.05) is 19.7 Å². The lowest BCUT2D eigenvalue weighted by Gasteiger charge is -2.07. The van der Waals surface area contributed by atoms with Gasteiger partial charge in [0, 0.05) is 29.5 Å². The van der Waals surface area contributed by atoms with Gasteiger partial charge in [0.2, 0.25) is 0 Å². The Morgan fingerprint density at radius 2 is 1.61 bits per heavy atom. The Bertz CT molecular complexity index is 1430. The molecule has 0 bridgehead atoms. The third-order valence-corrected chi connectivity index (χ3v) is 4.94. The van der Waals surface area contributed by atoms with Gasteiger partial charge in [-0.2, -0.15) is 13.2 Å². The van der Waals surface area contributed by atoms with Gasteiger partial charge in [-0.1, -0.05) is 18.2 Å². The lowest BCUT2D eigenvalue weighted by atomic mass is 10.1. The number of hydrogen-bond donors (Lipinski definition) is 5. The first-order chi connectivity index (χ1) is 17.0. The van der Waals surface area contributed by atoms with Crippen LogP contribution in [0.1, 0.15) is 6.42 Å². The molecular weight excluding hydrogens is 483 g/mol. The van der Waals surface area contributed by atoms with Crippen molar-refractivity contribution < 1.29 is 37.7 Å². The molecule has 190 valence electrons. The molecule has 0 saturated heterocycles. The number of benzene rings is 2. The Kier molecular flexibility index (Phi) is 8.33. The maximum atomic E-state index is 12.5. The van der Waals surface area contributed by atoms with Crippen LogP contribution in [0, 0.1) is 0 Å². The first-order valence-electron chi connectivity index (χ1n) is 10.7. The van der Waals surface area contributed by atoms with E-state index in [4.69, 9.17) is 19.7 Å². The van der Waals surface area contributed by atoms with Crippen LogP contribution in [0.25, 0.3) is 33.1 Å². The Balaban J connectivity index is 0.000000454. The minimum Gasteiger partial charge on any atom is -0.492 e. The van der Waals surface area contributed by atoms with E-state index in [2.05, 4.69) is 15.3 Å². The fourth-order valence-electron chi connectivity index (χ4n) is 3.25. The number of alkyl halides is 3. The molecule has 12 heteroatoms. The highest BCUT2D eigenvalue weighted by molar-refractivity contribution is 5.89. The molecule has 0 amide bonds. The number of pyridine rings is 1. The number of H-pyrrole nitrogens is 2. The second-order valence-electron chi connectivity index (χ2n) is 7.58. The number of hydrogen-bond acceptors (Lipinski definition) is 5. The minimum atomic E-state index is -5.08. The van der Waals surface area contributed by atoms with Crippen molar-refractivity contribution in [3.05, 3.63) is 65.0 Å². The summed E-state index contributed by atoms with van der Waals surface area (Å²) in [6.45, 7) is 1.42. The van der Waals surface area contributed by atoms with Crippen LogP contribution in [0.3, 0.4) is 0 Å². The fourth-order valence-corrected chi connectivity index (χ4v) is 3.25. The average Bonchev–Trinajstić information content (AvgIpc) is 3.23. The molecule has 0 aliphatic rings. The highest BCUT2D eigenvalue weighted by atomic mass is 19.4. The van der Waals surface area contributed by atoms with Gasteiger partial charge in [0.05, 0.1) is 17.7 Å². The highest BCUT2D eigenvalue weighted by Crippen LogP contribution is 2.26. The summed E-state index contributed by atoms with van der Waals surface area (Å²) in [5.74, 6) is -2.86. The molecule has 0 aliphatic carbocycles. The van der Waals surface area contributed by atoms with E-state index in [0.29, 0.717) is 25.3 Å². The van der Waals surface area contributed by atoms with E-state index >= 15 is 0 Å². The maximum absolute atomic E-state index is 12.5. The fraction of sp³-hybridized carbons (Fsp3) is 0.208. The van der Waals surface area contributed by atoms with Gasteiger partial charge in [0.1, 0.15) is 12.4 Å². The molecule has 0 radical (unpaired) electrons. The number of para-hydroxylation sites is 1. The number of halogens is 3. The summed E-state index contributed by atoms with van der Waals surface area (Å²) in [6, 6.07) is 17.2. The number of fused-ring (bicyclic) bond motifs is 2. The summed E-state index contributed by atoms with van der Waals surface area (Å²) in [5.41, 5.74) is 2.92. The summed E-state index contributed by atoms with van der Waals surface area (Å²) in [5, 5.41) is 20.7. The van der Waals surface area contributed by atoms with E-state index < -0.39 is 18.1 Å². The van der Waals surface area contributed by atoms with Crippen molar-refractivity contribution in [1.82, 2.24) is 15.3 Å². The number of carbonyl (C=O) groups is 2. The second-order valence-corrected chi connectivity index (χ2v) is 7.58. The number of nitrogens with one attached hydrogen (secondary N) is 3. The van der Waals surface area contributed by atoms with Crippen LogP contribution >= 0.6 is 0 Å². The largest absolute Gasteiger partial charge is 0.492 e. The lowest BCUT2D eigenvalue weighted by Crippen LogP contribution is -2.23. The SMILES string of the molecule is O=C(O)C(F)(F)F.O=C(O)CCNCCOc1ccc2[nH]c(-c3cc4ccccc4[nH]c3=O)cc2c1. The van der Waals surface area contributed by atoms with Gasteiger partial charge in [-0.25, -0.2) is 4.79 Å². The molecule has 2 aromatic carbocycles. The molecule has 0 fully saturated rings. The summed E-state index contributed by atoms with van der Waals surface area (Å²) in [7, 11) is 0. The lowest BCUT2D eigenvalue weighted by molar-refractivity contribution is -0.192. The van der Waals surface area contributed by atoms with Gasteiger partial charge >= 0.3 is 18.1 Å². The highest BCUT2D eigenvalue weighted by Gasteiger charge is 2.38. The van der Waals surface area contributed by atoms with Gasteiger partial charge in [-0.15, -0.1) is 0 Å². The molecule has 4 rings (SSSR count). The van der Waals surface area contributed by atoms with Crippen LogP contribution < -0.4 is 15.6 Å². The Labute approximate surface area is 201 Å². The summed E-state index contributed by atoms with van der Waals surface area (Å²) in [4.78, 5) is 38.1. The first kappa shape index (κ1) is 26.3. The summed E-state index contributed by atoms with van der Waals surface area (Å²) < 4.78 is 37.5. The first-order valence-corrected chi connectivity index (χ1v) is 10.7. The standard InChI is InChI=1S/C22H21N3O4.C2HF3O2/c26-21(27)7-8-23-9-10-29-16-5-6-19-15(11-16)13-20(24-19)17-12-14-3-1-2-4-18(14)25-22(17)28;3-2(4,5)1(6)7/h1-6,11-13,23-24H,7-10H2,(H,25,28)(H,26,27);(H,6,7). The number of ether oxygens (including phenoxy) is 1.